The standard InChI is InChI=1S/C12H18N2O2/c1-3-4-5-9(2)14-12(16)10-8-13-7-6-11(10)15/h6-9H,3-5H2,1-2H3,(H,13,15)(H,14,16). The first-order valence-electron chi connectivity index (χ1n) is 5.63. The first-order chi connectivity index (χ1) is 7.65. The summed E-state index contributed by atoms with van der Waals surface area (Å²) in [4.78, 5) is 25.8. The van der Waals surface area contributed by atoms with E-state index in [1.807, 2.05) is 6.92 Å². The Hall–Kier alpha value is -1.58. The van der Waals surface area contributed by atoms with Crippen LogP contribution >= 0.6 is 0 Å². The number of carbonyl (C=O) groups excluding carboxylic acids is 1. The van der Waals surface area contributed by atoms with E-state index >= 15 is 0 Å². The lowest BCUT2D eigenvalue weighted by atomic mass is 10.1. The van der Waals surface area contributed by atoms with E-state index in [2.05, 4.69) is 17.2 Å². The van der Waals surface area contributed by atoms with Crippen LogP contribution in [0.1, 0.15) is 43.5 Å². The van der Waals surface area contributed by atoms with Gasteiger partial charge in [-0.15, -0.1) is 0 Å². The van der Waals surface area contributed by atoms with Crippen LogP contribution < -0.4 is 10.7 Å². The molecule has 1 atom stereocenters. The zero-order chi connectivity index (χ0) is 12.0. The fraction of sp³-hybridized carbons (Fsp3) is 0.500. The molecule has 0 aliphatic heterocycles. The monoisotopic (exact) mass is 222 g/mol. The van der Waals surface area contributed by atoms with Crippen LogP contribution in [0, 0.1) is 0 Å². The third kappa shape index (κ3) is 3.53. The SMILES string of the molecule is CCCCC(C)NC(=O)c1c[nH]ccc1=O. The van der Waals surface area contributed by atoms with Gasteiger partial charge in [0.1, 0.15) is 5.56 Å². The summed E-state index contributed by atoms with van der Waals surface area (Å²) in [6.07, 6.45) is 6.07. The van der Waals surface area contributed by atoms with Crippen molar-refractivity contribution in [1.29, 1.82) is 0 Å². The number of hydrogen-bond donors (Lipinski definition) is 2. The van der Waals surface area contributed by atoms with E-state index < -0.39 is 0 Å². The van der Waals surface area contributed by atoms with E-state index in [0.29, 0.717) is 0 Å². The summed E-state index contributed by atoms with van der Waals surface area (Å²) < 4.78 is 0. The van der Waals surface area contributed by atoms with E-state index in [0.717, 1.165) is 19.3 Å². The van der Waals surface area contributed by atoms with Gasteiger partial charge in [0.05, 0.1) is 0 Å². The minimum absolute atomic E-state index is 0.104. The van der Waals surface area contributed by atoms with Crippen molar-refractivity contribution in [3.05, 3.63) is 34.2 Å². The maximum absolute atomic E-state index is 11.7. The lowest BCUT2D eigenvalue weighted by Crippen LogP contribution is -2.35. The van der Waals surface area contributed by atoms with E-state index in [9.17, 15) is 9.59 Å². The van der Waals surface area contributed by atoms with Crippen molar-refractivity contribution in [3.8, 4) is 0 Å². The van der Waals surface area contributed by atoms with Crippen LogP contribution in [0.15, 0.2) is 23.3 Å². The largest absolute Gasteiger partial charge is 0.367 e. The van der Waals surface area contributed by atoms with Crippen LogP contribution in [-0.2, 0) is 0 Å². The molecule has 0 bridgehead atoms. The van der Waals surface area contributed by atoms with Gasteiger partial charge >= 0.3 is 0 Å². The third-order valence-electron chi connectivity index (χ3n) is 2.44. The molecule has 0 saturated heterocycles. The molecule has 4 nitrogen and oxygen atoms in total. The number of aromatic amines is 1. The average molecular weight is 222 g/mol. The molecule has 1 amide bonds. The van der Waals surface area contributed by atoms with Crippen LogP contribution in [0.5, 0.6) is 0 Å². The third-order valence-corrected chi connectivity index (χ3v) is 2.44. The normalized spacial score (nSPS) is 12.1. The lowest BCUT2D eigenvalue weighted by molar-refractivity contribution is 0.0936. The van der Waals surface area contributed by atoms with Gasteiger partial charge in [-0.1, -0.05) is 19.8 Å². The van der Waals surface area contributed by atoms with Crippen molar-refractivity contribution >= 4 is 5.91 Å². The van der Waals surface area contributed by atoms with Crippen molar-refractivity contribution < 1.29 is 4.79 Å². The molecule has 1 aromatic heterocycles. The first-order valence-corrected chi connectivity index (χ1v) is 5.63. The Morgan fingerprint density at radius 2 is 2.31 bits per heavy atom. The van der Waals surface area contributed by atoms with Gasteiger partial charge in [0.15, 0.2) is 5.43 Å². The maximum Gasteiger partial charge on any atom is 0.256 e. The van der Waals surface area contributed by atoms with Gasteiger partial charge in [0.25, 0.3) is 5.91 Å². The van der Waals surface area contributed by atoms with Crippen LogP contribution in [0.2, 0.25) is 0 Å². The Kier molecular flexibility index (Phi) is 4.76. The number of carbonyl (C=O) groups is 1. The van der Waals surface area contributed by atoms with Gasteiger partial charge in [-0.05, 0) is 13.3 Å². The average Bonchev–Trinajstić information content (AvgIpc) is 2.26. The summed E-state index contributed by atoms with van der Waals surface area (Å²) in [5, 5.41) is 2.81. The highest BCUT2D eigenvalue weighted by Crippen LogP contribution is 2.00. The molecule has 1 aromatic rings. The van der Waals surface area contributed by atoms with Crippen molar-refractivity contribution in [2.75, 3.05) is 0 Å². The minimum atomic E-state index is -0.301. The summed E-state index contributed by atoms with van der Waals surface area (Å²) in [6, 6.07) is 1.46. The molecule has 1 heterocycles. The Balaban J connectivity index is 2.59. The second kappa shape index (κ2) is 6.10. The Morgan fingerprint density at radius 3 is 2.94 bits per heavy atom. The molecule has 0 saturated carbocycles. The van der Waals surface area contributed by atoms with Gasteiger partial charge in [0, 0.05) is 24.5 Å². The fourth-order valence-electron chi connectivity index (χ4n) is 1.48. The second-order valence-electron chi connectivity index (χ2n) is 3.94. The minimum Gasteiger partial charge on any atom is -0.367 e. The maximum atomic E-state index is 11.7. The molecule has 4 heteroatoms. The number of pyridine rings is 1. The van der Waals surface area contributed by atoms with Crippen LogP contribution in [0.3, 0.4) is 0 Å². The number of aromatic nitrogens is 1. The Morgan fingerprint density at radius 1 is 1.56 bits per heavy atom. The topological polar surface area (TPSA) is 62.0 Å². The summed E-state index contributed by atoms with van der Waals surface area (Å²) in [5.41, 5.74) is -0.0789. The number of unbranched alkanes of at least 4 members (excludes halogenated alkanes) is 1. The molecular formula is C12H18N2O2. The highest BCUT2D eigenvalue weighted by atomic mass is 16.2. The van der Waals surface area contributed by atoms with E-state index in [1.54, 1.807) is 0 Å². The molecule has 0 fully saturated rings. The highest BCUT2D eigenvalue weighted by molar-refractivity contribution is 5.93. The molecule has 2 N–H and O–H groups in total. The number of H-pyrrole nitrogens is 1. The zero-order valence-corrected chi connectivity index (χ0v) is 9.75. The van der Waals surface area contributed by atoms with E-state index in [4.69, 9.17) is 0 Å². The fourth-order valence-corrected chi connectivity index (χ4v) is 1.48. The number of hydrogen-bond acceptors (Lipinski definition) is 2. The van der Waals surface area contributed by atoms with Crippen molar-refractivity contribution in [3.63, 3.8) is 0 Å². The number of amides is 1. The highest BCUT2D eigenvalue weighted by Gasteiger charge is 2.11. The summed E-state index contributed by atoms with van der Waals surface area (Å²) >= 11 is 0. The molecule has 0 aromatic carbocycles. The van der Waals surface area contributed by atoms with Crippen LogP contribution in [-0.4, -0.2) is 16.9 Å². The van der Waals surface area contributed by atoms with Gasteiger partial charge in [-0.25, -0.2) is 0 Å². The molecule has 0 aliphatic carbocycles. The second-order valence-corrected chi connectivity index (χ2v) is 3.94. The molecule has 1 unspecified atom stereocenters. The van der Waals surface area contributed by atoms with E-state index in [1.165, 1.54) is 18.5 Å². The number of rotatable bonds is 5. The molecule has 0 radical (unpaired) electrons. The molecule has 1 rings (SSSR count). The van der Waals surface area contributed by atoms with Gasteiger partial charge in [-0.3, -0.25) is 9.59 Å². The Bertz CT molecular complexity index is 398. The van der Waals surface area contributed by atoms with Gasteiger partial charge in [-0.2, -0.15) is 0 Å². The zero-order valence-electron chi connectivity index (χ0n) is 9.75. The van der Waals surface area contributed by atoms with Gasteiger partial charge in [0.2, 0.25) is 0 Å². The van der Waals surface area contributed by atoms with Crippen LogP contribution in [0.4, 0.5) is 0 Å². The van der Waals surface area contributed by atoms with Gasteiger partial charge < -0.3 is 10.3 Å². The first kappa shape index (κ1) is 12.5. The smallest absolute Gasteiger partial charge is 0.256 e. The van der Waals surface area contributed by atoms with Crippen molar-refractivity contribution in [2.24, 2.45) is 0 Å². The summed E-state index contributed by atoms with van der Waals surface area (Å²) in [5.74, 6) is -0.301. The molecule has 0 spiro atoms. The van der Waals surface area contributed by atoms with Crippen LogP contribution in [0.25, 0.3) is 0 Å². The summed E-state index contributed by atoms with van der Waals surface area (Å²) in [7, 11) is 0. The van der Waals surface area contributed by atoms with Crippen molar-refractivity contribution in [1.82, 2.24) is 10.3 Å². The predicted octanol–water partition coefficient (Wildman–Crippen LogP) is 1.68. The molecule has 88 valence electrons. The van der Waals surface area contributed by atoms with E-state index in [-0.39, 0.29) is 22.9 Å². The molecular weight excluding hydrogens is 204 g/mol. The molecule has 16 heavy (non-hydrogen) atoms. The summed E-state index contributed by atoms with van der Waals surface area (Å²) in [6.45, 7) is 4.06. The molecule has 0 aliphatic rings. The number of nitrogens with one attached hydrogen (secondary N) is 2. The quantitative estimate of drug-likeness (QED) is 0.796. The lowest BCUT2D eigenvalue weighted by Gasteiger charge is -2.12. The predicted molar refractivity (Wildman–Crippen MR) is 63.5 cm³/mol. The Labute approximate surface area is 95.1 Å². The van der Waals surface area contributed by atoms with Crippen molar-refractivity contribution in [2.45, 2.75) is 39.2 Å².